The average Bonchev–Trinajstić information content (AvgIpc) is 2.58. The third kappa shape index (κ3) is 3.63. The molecule has 0 bridgehead atoms. The van der Waals surface area contributed by atoms with Crippen molar-refractivity contribution in [2.75, 3.05) is 13.2 Å². The van der Waals surface area contributed by atoms with Gasteiger partial charge in [-0.2, -0.15) is 0 Å². The standard InChI is InChI=1S/C21H24O4/c1-13(2)11-23-18-10-9-16-15-7-5-6-8-17(15)21(22)25-19(16)20(18)24-12-14(3)4/h9-10H,1,3,5-8,11-12H2,2,4H3. The highest BCUT2D eigenvalue weighted by atomic mass is 16.5. The van der Waals surface area contributed by atoms with Crippen molar-refractivity contribution in [3.05, 3.63) is 58.0 Å². The maximum Gasteiger partial charge on any atom is 0.339 e. The predicted octanol–water partition coefficient (Wildman–Crippen LogP) is 4.58. The Morgan fingerprint density at radius 2 is 1.68 bits per heavy atom. The highest BCUT2D eigenvalue weighted by molar-refractivity contribution is 5.89. The fraction of sp³-hybridized carbons (Fsp3) is 0.381. The van der Waals surface area contributed by atoms with Crippen LogP contribution in [0.5, 0.6) is 11.5 Å². The van der Waals surface area contributed by atoms with E-state index in [0.717, 1.165) is 53.3 Å². The van der Waals surface area contributed by atoms with Crippen molar-refractivity contribution in [1.29, 1.82) is 0 Å². The molecule has 0 N–H and O–H groups in total. The van der Waals surface area contributed by atoms with Crippen LogP contribution < -0.4 is 15.1 Å². The van der Waals surface area contributed by atoms with Crippen LogP contribution in [0.15, 0.2) is 45.6 Å². The van der Waals surface area contributed by atoms with Crippen molar-refractivity contribution in [1.82, 2.24) is 0 Å². The molecule has 4 heteroatoms. The summed E-state index contributed by atoms with van der Waals surface area (Å²) in [5.41, 5.74) is 3.87. The fourth-order valence-electron chi connectivity index (χ4n) is 3.11. The number of fused-ring (bicyclic) bond motifs is 3. The first-order chi connectivity index (χ1) is 12.0. The van der Waals surface area contributed by atoms with Crippen LogP contribution in [0, 0.1) is 0 Å². The van der Waals surface area contributed by atoms with Gasteiger partial charge >= 0.3 is 5.63 Å². The van der Waals surface area contributed by atoms with Crippen LogP contribution in [-0.4, -0.2) is 13.2 Å². The van der Waals surface area contributed by atoms with Gasteiger partial charge < -0.3 is 13.9 Å². The van der Waals surface area contributed by atoms with E-state index in [1.807, 2.05) is 26.0 Å². The van der Waals surface area contributed by atoms with Gasteiger partial charge in [-0.3, -0.25) is 0 Å². The lowest BCUT2D eigenvalue weighted by molar-refractivity contribution is 0.297. The van der Waals surface area contributed by atoms with Crippen LogP contribution >= 0.6 is 0 Å². The molecular weight excluding hydrogens is 316 g/mol. The van der Waals surface area contributed by atoms with Crippen LogP contribution in [0.25, 0.3) is 11.0 Å². The summed E-state index contributed by atoms with van der Waals surface area (Å²) in [6, 6.07) is 3.84. The molecule has 0 unspecified atom stereocenters. The third-order valence-corrected chi connectivity index (χ3v) is 4.25. The van der Waals surface area contributed by atoms with Gasteiger partial charge in [0.05, 0.1) is 0 Å². The summed E-state index contributed by atoms with van der Waals surface area (Å²) >= 11 is 0. The van der Waals surface area contributed by atoms with E-state index in [1.165, 1.54) is 0 Å². The maximum absolute atomic E-state index is 12.5. The lowest BCUT2D eigenvalue weighted by Crippen LogP contribution is -2.16. The Morgan fingerprint density at radius 1 is 1.04 bits per heavy atom. The summed E-state index contributed by atoms with van der Waals surface area (Å²) in [5.74, 6) is 1.02. The minimum Gasteiger partial charge on any atom is -0.485 e. The lowest BCUT2D eigenvalue weighted by atomic mass is 9.90. The molecule has 0 amide bonds. The van der Waals surface area contributed by atoms with Crippen molar-refractivity contribution >= 4 is 11.0 Å². The zero-order valence-electron chi connectivity index (χ0n) is 14.9. The molecule has 2 aromatic rings. The molecule has 0 fully saturated rings. The quantitative estimate of drug-likeness (QED) is 0.570. The molecule has 3 rings (SSSR count). The molecule has 1 heterocycles. The molecule has 1 aliphatic carbocycles. The Labute approximate surface area is 147 Å². The second kappa shape index (κ2) is 7.18. The minimum atomic E-state index is -0.264. The van der Waals surface area contributed by atoms with Gasteiger partial charge in [-0.15, -0.1) is 0 Å². The van der Waals surface area contributed by atoms with Gasteiger partial charge in [-0.25, -0.2) is 4.79 Å². The van der Waals surface area contributed by atoms with Gasteiger partial charge in [0.25, 0.3) is 0 Å². The molecule has 0 radical (unpaired) electrons. The Balaban J connectivity index is 2.16. The normalized spacial score (nSPS) is 13.4. The summed E-state index contributed by atoms with van der Waals surface area (Å²) in [6.45, 7) is 12.2. The molecule has 1 aromatic heterocycles. The first kappa shape index (κ1) is 17.3. The van der Waals surface area contributed by atoms with Gasteiger partial charge in [0.2, 0.25) is 5.75 Å². The number of rotatable bonds is 6. The second-order valence-electron chi connectivity index (χ2n) is 6.81. The molecular formula is C21H24O4. The Kier molecular flexibility index (Phi) is 4.98. The first-order valence-corrected chi connectivity index (χ1v) is 8.63. The summed E-state index contributed by atoms with van der Waals surface area (Å²) in [5, 5.41) is 0.939. The Bertz CT molecular complexity index is 889. The number of hydrogen-bond acceptors (Lipinski definition) is 4. The SMILES string of the molecule is C=C(C)COc1ccc2c3c(c(=O)oc2c1OCC(=C)C)CCCC3. The van der Waals surface area contributed by atoms with Gasteiger partial charge in [0.15, 0.2) is 11.3 Å². The zero-order chi connectivity index (χ0) is 18.0. The molecule has 0 atom stereocenters. The van der Waals surface area contributed by atoms with Crippen molar-refractivity contribution in [2.24, 2.45) is 0 Å². The molecule has 132 valence electrons. The maximum atomic E-state index is 12.5. The highest BCUT2D eigenvalue weighted by Gasteiger charge is 2.22. The first-order valence-electron chi connectivity index (χ1n) is 8.63. The highest BCUT2D eigenvalue weighted by Crippen LogP contribution is 2.38. The third-order valence-electron chi connectivity index (χ3n) is 4.25. The van der Waals surface area contributed by atoms with Crippen LogP contribution in [0.1, 0.15) is 37.8 Å². The van der Waals surface area contributed by atoms with E-state index in [0.29, 0.717) is 30.3 Å². The van der Waals surface area contributed by atoms with Gasteiger partial charge in [-0.05, 0) is 68.4 Å². The van der Waals surface area contributed by atoms with Crippen LogP contribution in [0.3, 0.4) is 0 Å². The fourth-order valence-corrected chi connectivity index (χ4v) is 3.11. The van der Waals surface area contributed by atoms with Crippen LogP contribution in [-0.2, 0) is 12.8 Å². The molecule has 0 aliphatic heterocycles. The molecule has 1 aliphatic rings. The summed E-state index contributed by atoms with van der Waals surface area (Å²) < 4.78 is 17.4. The number of aryl methyl sites for hydroxylation is 1. The van der Waals surface area contributed by atoms with Crippen LogP contribution in [0.4, 0.5) is 0 Å². The van der Waals surface area contributed by atoms with E-state index >= 15 is 0 Å². The van der Waals surface area contributed by atoms with E-state index in [9.17, 15) is 4.79 Å². The monoisotopic (exact) mass is 340 g/mol. The minimum absolute atomic E-state index is 0.264. The van der Waals surface area contributed by atoms with Crippen molar-refractivity contribution < 1.29 is 13.9 Å². The molecule has 25 heavy (non-hydrogen) atoms. The molecule has 0 saturated carbocycles. The van der Waals surface area contributed by atoms with Crippen molar-refractivity contribution in [2.45, 2.75) is 39.5 Å². The Morgan fingerprint density at radius 3 is 2.36 bits per heavy atom. The Hall–Kier alpha value is -2.49. The predicted molar refractivity (Wildman–Crippen MR) is 99.7 cm³/mol. The van der Waals surface area contributed by atoms with Crippen molar-refractivity contribution in [3.8, 4) is 11.5 Å². The zero-order valence-corrected chi connectivity index (χ0v) is 14.9. The molecule has 4 nitrogen and oxygen atoms in total. The lowest BCUT2D eigenvalue weighted by Gasteiger charge is -2.19. The van der Waals surface area contributed by atoms with E-state index < -0.39 is 0 Å². The topological polar surface area (TPSA) is 48.7 Å². The molecule has 0 spiro atoms. The van der Waals surface area contributed by atoms with E-state index in [4.69, 9.17) is 13.9 Å². The van der Waals surface area contributed by atoms with Gasteiger partial charge in [-0.1, -0.05) is 13.2 Å². The van der Waals surface area contributed by atoms with Crippen molar-refractivity contribution in [3.63, 3.8) is 0 Å². The summed E-state index contributed by atoms with van der Waals surface area (Å²) in [7, 11) is 0. The average molecular weight is 340 g/mol. The number of benzene rings is 1. The molecule has 1 aromatic carbocycles. The molecule has 0 saturated heterocycles. The van der Waals surface area contributed by atoms with Crippen LogP contribution in [0.2, 0.25) is 0 Å². The van der Waals surface area contributed by atoms with Gasteiger partial charge in [0.1, 0.15) is 13.2 Å². The van der Waals surface area contributed by atoms with E-state index in [1.54, 1.807) is 0 Å². The largest absolute Gasteiger partial charge is 0.485 e. The second-order valence-corrected chi connectivity index (χ2v) is 6.81. The van der Waals surface area contributed by atoms with E-state index in [-0.39, 0.29) is 5.63 Å². The number of hydrogen-bond donors (Lipinski definition) is 0. The van der Waals surface area contributed by atoms with E-state index in [2.05, 4.69) is 13.2 Å². The number of ether oxygens (including phenoxy) is 2. The summed E-state index contributed by atoms with van der Waals surface area (Å²) in [6.07, 6.45) is 3.79. The van der Waals surface area contributed by atoms with Gasteiger partial charge in [0, 0.05) is 10.9 Å². The summed E-state index contributed by atoms with van der Waals surface area (Å²) in [4.78, 5) is 12.5. The smallest absolute Gasteiger partial charge is 0.339 e.